The molecule has 1 aliphatic heterocycles. The van der Waals surface area contributed by atoms with Gasteiger partial charge in [0.05, 0.1) is 25.6 Å². The number of aromatic nitrogens is 4. The van der Waals surface area contributed by atoms with Gasteiger partial charge in [-0.25, -0.2) is 18.4 Å². The van der Waals surface area contributed by atoms with Crippen LogP contribution >= 0.6 is 11.6 Å². The van der Waals surface area contributed by atoms with Crippen LogP contribution in [0.5, 0.6) is 0 Å². The molecule has 1 aromatic carbocycles. The molecule has 3 aromatic rings. The quantitative estimate of drug-likeness (QED) is 0.290. The van der Waals surface area contributed by atoms with Crippen LogP contribution in [0.4, 0.5) is 23.3 Å². The van der Waals surface area contributed by atoms with Crippen molar-refractivity contribution in [3.63, 3.8) is 0 Å². The van der Waals surface area contributed by atoms with Gasteiger partial charge in [-0.15, -0.1) is 0 Å². The summed E-state index contributed by atoms with van der Waals surface area (Å²) >= 11 is 6.38. The molecule has 0 saturated carbocycles. The zero-order valence-corrected chi connectivity index (χ0v) is 25.6. The van der Waals surface area contributed by atoms with Crippen molar-refractivity contribution >= 4 is 44.9 Å². The molecular weight excluding hydrogens is 578 g/mol. The number of nitrogens with one attached hydrogen (secondary N) is 2. The summed E-state index contributed by atoms with van der Waals surface area (Å²) < 4.78 is 25.2. The molecule has 3 N–H and O–H groups in total. The molecule has 1 unspecified atom stereocenters. The van der Waals surface area contributed by atoms with Crippen LogP contribution in [0.2, 0.25) is 5.02 Å². The monoisotopic (exact) mass is 615 g/mol. The van der Waals surface area contributed by atoms with Gasteiger partial charge in [-0.05, 0) is 48.9 Å². The summed E-state index contributed by atoms with van der Waals surface area (Å²) in [5, 5.41) is 16.0. The van der Waals surface area contributed by atoms with Gasteiger partial charge in [-0.2, -0.15) is 4.98 Å². The van der Waals surface area contributed by atoms with Crippen molar-refractivity contribution in [1.82, 2.24) is 29.7 Å². The highest BCUT2D eigenvalue weighted by Crippen LogP contribution is 2.29. The first-order valence-electron chi connectivity index (χ1n) is 14.2. The molecule has 5 rings (SSSR count). The zero-order chi connectivity index (χ0) is 29.7. The van der Waals surface area contributed by atoms with Crippen LogP contribution in [-0.4, -0.2) is 102 Å². The fourth-order valence-electron chi connectivity index (χ4n) is 5.58. The number of rotatable bonds is 10. The molecule has 2 aliphatic rings. The number of piperazine rings is 1. The van der Waals surface area contributed by atoms with Crippen LogP contribution < -0.4 is 14.9 Å². The molecule has 1 fully saturated rings. The number of aliphatic hydroxyl groups excluding tert-OH is 1. The first kappa shape index (κ1) is 30.4. The molecule has 0 bridgehead atoms. The minimum absolute atomic E-state index is 0.162. The summed E-state index contributed by atoms with van der Waals surface area (Å²) in [5.41, 5.74) is 4.08. The largest absolute Gasteiger partial charge is 0.395 e. The maximum absolute atomic E-state index is 12.0. The number of benzene rings is 1. The van der Waals surface area contributed by atoms with E-state index in [0.717, 1.165) is 74.7 Å². The SMILES string of the molecule is CN(c1nccnc1CNc1nc(Nc2ccc3c(c2)CCC(N2CCN(CCO)CC2)CC3)ncc1Cl)S(C)(=O)=O. The molecular formula is C28H38ClN9O3S. The summed E-state index contributed by atoms with van der Waals surface area (Å²) in [6.07, 6.45) is 9.94. The fourth-order valence-corrected chi connectivity index (χ4v) is 6.20. The average molecular weight is 616 g/mol. The number of fused-ring (bicyclic) bond motifs is 1. The molecule has 2 aromatic heterocycles. The Morgan fingerprint density at radius 2 is 1.81 bits per heavy atom. The van der Waals surface area contributed by atoms with Gasteiger partial charge in [0.15, 0.2) is 11.6 Å². The van der Waals surface area contributed by atoms with Crippen LogP contribution in [0.3, 0.4) is 0 Å². The molecule has 14 heteroatoms. The molecule has 0 amide bonds. The van der Waals surface area contributed by atoms with E-state index < -0.39 is 10.0 Å². The number of sulfonamides is 1. The lowest BCUT2D eigenvalue weighted by Gasteiger charge is -2.39. The number of nitrogens with zero attached hydrogens (tertiary/aromatic N) is 7. The highest BCUT2D eigenvalue weighted by Gasteiger charge is 2.26. The van der Waals surface area contributed by atoms with E-state index in [-0.39, 0.29) is 19.0 Å². The fraction of sp³-hybridized carbons (Fsp3) is 0.500. The smallest absolute Gasteiger partial charge is 0.233 e. The van der Waals surface area contributed by atoms with Gasteiger partial charge in [0.25, 0.3) is 0 Å². The molecule has 42 heavy (non-hydrogen) atoms. The Kier molecular flexibility index (Phi) is 9.74. The second-order valence-electron chi connectivity index (χ2n) is 10.7. The summed E-state index contributed by atoms with van der Waals surface area (Å²) in [7, 11) is -2.07. The normalized spacial score (nSPS) is 18.2. The number of aliphatic hydroxyl groups is 1. The minimum atomic E-state index is -3.50. The lowest BCUT2D eigenvalue weighted by molar-refractivity contribution is 0.0784. The molecule has 1 aliphatic carbocycles. The van der Waals surface area contributed by atoms with E-state index in [1.807, 2.05) is 0 Å². The molecule has 1 atom stereocenters. The Labute approximate surface area is 252 Å². The van der Waals surface area contributed by atoms with E-state index in [1.165, 1.54) is 36.8 Å². The number of hydrogen-bond donors (Lipinski definition) is 3. The highest BCUT2D eigenvalue weighted by molar-refractivity contribution is 7.92. The van der Waals surface area contributed by atoms with Crippen molar-refractivity contribution in [2.45, 2.75) is 38.3 Å². The third kappa shape index (κ3) is 7.45. The number of anilines is 4. The van der Waals surface area contributed by atoms with Gasteiger partial charge in [-0.3, -0.25) is 19.1 Å². The van der Waals surface area contributed by atoms with Crippen LogP contribution in [0.1, 0.15) is 29.7 Å². The van der Waals surface area contributed by atoms with Crippen molar-refractivity contribution in [1.29, 1.82) is 0 Å². The Hall–Kier alpha value is -3.10. The van der Waals surface area contributed by atoms with Crippen molar-refractivity contribution < 1.29 is 13.5 Å². The minimum Gasteiger partial charge on any atom is -0.395 e. The topological polar surface area (TPSA) is 140 Å². The lowest BCUT2D eigenvalue weighted by atomic mass is 10.0. The average Bonchev–Trinajstić information content (AvgIpc) is 3.20. The maximum Gasteiger partial charge on any atom is 0.233 e. The predicted octanol–water partition coefficient (Wildman–Crippen LogP) is 2.53. The standard InChI is InChI=1S/C28H38ClN9O3S/c1-36(42(2,40)41)27-25(30-9-10-31-27)19-32-26-24(29)18-33-28(35-26)34-22-6-3-20-4-7-23(8-5-21(20)17-22)38-13-11-37(12-14-38)15-16-39/h3,6,9-10,17-18,23,39H,4-5,7-8,11-16,19H2,1-2H3,(H2,32,33,34,35). The van der Waals surface area contributed by atoms with Crippen molar-refractivity contribution in [2.24, 2.45) is 0 Å². The Bertz CT molecular complexity index is 1490. The lowest BCUT2D eigenvalue weighted by Crippen LogP contribution is -2.50. The summed E-state index contributed by atoms with van der Waals surface area (Å²) in [4.78, 5) is 22.4. The Morgan fingerprint density at radius 3 is 2.55 bits per heavy atom. The van der Waals surface area contributed by atoms with E-state index >= 15 is 0 Å². The molecule has 0 spiro atoms. The van der Waals surface area contributed by atoms with E-state index in [0.29, 0.717) is 28.5 Å². The van der Waals surface area contributed by atoms with Crippen LogP contribution in [-0.2, 0) is 29.4 Å². The van der Waals surface area contributed by atoms with Crippen molar-refractivity contribution in [2.75, 3.05) is 67.6 Å². The molecule has 0 radical (unpaired) electrons. The van der Waals surface area contributed by atoms with Gasteiger partial charge in [0, 0.05) is 63.9 Å². The van der Waals surface area contributed by atoms with Gasteiger partial charge in [-0.1, -0.05) is 17.7 Å². The highest BCUT2D eigenvalue weighted by atomic mass is 35.5. The third-order valence-electron chi connectivity index (χ3n) is 8.01. The molecule has 12 nitrogen and oxygen atoms in total. The first-order chi connectivity index (χ1) is 20.2. The number of hydrogen-bond acceptors (Lipinski definition) is 11. The summed E-state index contributed by atoms with van der Waals surface area (Å²) in [6.45, 7) is 5.31. The Morgan fingerprint density at radius 1 is 1.07 bits per heavy atom. The predicted molar refractivity (Wildman–Crippen MR) is 165 cm³/mol. The van der Waals surface area contributed by atoms with Gasteiger partial charge >= 0.3 is 0 Å². The first-order valence-corrected chi connectivity index (χ1v) is 16.4. The van der Waals surface area contributed by atoms with E-state index in [4.69, 9.17) is 11.6 Å². The second-order valence-corrected chi connectivity index (χ2v) is 13.2. The maximum atomic E-state index is 12.0. The van der Waals surface area contributed by atoms with E-state index in [1.54, 1.807) is 0 Å². The zero-order valence-electron chi connectivity index (χ0n) is 24.0. The Balaban J connectivity index is 1.22. The van der Waals surface area contributed by atoms with E-state index in [9.17, 15) is 13.5 Å². The number of halogens is 1. The molecule has 3 heterocycles. The van der Waals surface area contributed by atoms with Crippen molar-refractivity contribution in [3.05, 3.63) is 58.6 Å². The number of β-amino-alcohol motifs (C(OH)–C–C–N with tert-alkyl or cyclic N) is 1. The van der Waals surface area contributed by atoms with Gasteiger partial charge in [0.1, 0.15) is 10.7 Å². The van der Waals surface area contributed by atoms with Crippen molar-refractivity contribution in [3.8, 4) is 0 Å². The van der Waals surface area contributed by atoms with Crippen LogP contribution in [0.15, 0.2) is 36.8 Å². The number of aryl methyl sites for hydroxylation is 2. The van der Waals surface area contributed by atoms with Crippen LogP contribution in [0, 0.1) is 0 Å². The summed E-state index contributed by atoms with van der Waals surface area (Å²) in [5.74, 6) is 1.01. The van der Waals surface area contributed by atoms with Gasteiger partial charge < -0.3 is 15.7 Å². The molecule has 1 saturated heterocycles. The third-order valence-corrected chi connectivity index (χ3v) is 9.46. The summed E-state index contributed by atoms with van der Waals surface area (Å²) in [6, 6.07) is 7.02. The second kappa shape index (κ2) is 13.5. The van der Waals surface area contributed by atoms with Gasteiger partial charge in [0.2, 0.25) is 16.0 Å². The van der Waals surface area contributed by atoms with E-state index in [2.05, 4.69) is 58.6 Å². The van der Waals surface area contributed by atoms with Crippen LogP contribution in [0.25, 0.3) is 0 Å². The molecule has 226 valence electrons.